The first-order valence-corrected chi connectivity index (χ1v) is 9.52. The van der Waals surface area contributed by atoms with E-state index in [1.54, 1.807) is 6.08 Å². The lowest BCUT2D eigenvalue weighted by molar-refractivity contribution is -0.122. The van der Waals surface area contributed by atoms with Crippen molar-refractivity contribution in [3.8, 4) is 0 Å². The van der Waals surface area contributed by atoms with E-state index in [-0.39, 0.29) is 30.6 Å². The molecule has 4 nitrogen and oxygen atoms in total. The van der Waals surface area contributed by atoms with E-state index in [0.29, 0.717) is 14.9 Å². The number of nitrogens with zero attached hydrogens (tertiary/aromatic N) is 1. The molecule has 0 aromatic heterocycles. The van der Waals surface area contributed by atoms with Crippen LogP contribution in [0.4, 0.5) is 10.1 Å². The fourth-order valence-electron chi connectivity index (χ4n) is 2.48. The van der Waals surface area contributed by atoms with Crippen molar-refractivity contribution in [2.45, 2.75) is 13.3 Å². The van der Waals surface area contributed by atoms with Gasteiger partial charge in [0.1, 0.15) is 10.1 Å². The van der Waals surface area contributed by atoms with Crippen molar-refractivity contribution in [2.24, 2.45) is 0 Å². The van der Waals surface area contributed by atoms with Crippen molar-refractivity contribution in [1.29, 1.82) is 0 Å². The SMILES string of the molecule is Cc1ccc(/C=C2/SC(=S)N(CCC(=O)Nc3ccc(F)cc3)C2=O)cc1. The molecule has 0 saturated carbocycles. The predicted octanol–water partition coefficient (Wildman–Crippen LogP) is 4.36. The van der Waals surface area contributed by atoms with Crippen molar-refractivity contribution in [3.05, 3.63) is 70.4 Å². The van der Waals surface area contributed by atoms with Gasteiger partial charge in [-0.3, -0.25) is 14.5 Å². The van der Waals surface area contributed by atoms with E-state index < -0.39 is 0 Å². The molecule has 1 aliphatic heterocycles. The van der Waals surface area contributed by atoms with Crippen molar-refractivity contribution in [2.75, 3.05) is 11.9 Å². The highest BCUT2D eigenvalue weighted by atomic mass is 32.2. The molecule has 0 unspecified atom stereocenters. The van der Waals surface area contributed by atoms with Crippen LogP contribution < -0.4 is 5.32 Å². The Morgan fingerprint density at radius 3 is 2.52 bits per heavy atom. The first-order valence-electron chi connectivity index (χ1n) is 8.30. The molecule has 2 amide bonds. The van der Waals surface area contributed by atoms with E-state index in [4.69, 9.17) is 12.2 Å². The van der Waals surface area contributed by atoms with Crippen molar-refractivity contribution in [1.82, 2.24) is 4.90 Å². The van der Waals surface area contributed by atoms with Crippen molar-refractivity contribution in [3.63, 3.8) is 0 Å². The minimum absolute atomic E-state index is 0.0988. The Kier molecular flexibility index (Phi) is 6.03. The van der Waals surface area contributed by atoms with Gasteiger partial charge in [-0.25, -0.2) is 4.39 Å². The summed E-state index contributed by atoms with van der Waals surface area (Å²) in [7, 11) is 0. The molecule has 27 heavy (non-hydrogen) atoms. The minimum atomic E-state index is -0.370. The van der Waals surface area contributed by atoms with Crippen LogP contribution in [0.3, 0.4) is 0 Å². The van der Waals surface area contributed by atoms with Gasteiger partial charge < -0.3 is 5.32 Å². The number of hydrogen-bond acceptors (Lipinski definition) is 4. The van der Waals surface area contributed by atoms with Gasteiger partial charge in [0, 0.05) is 18.7 Å². The number of hydrogen-bond donors (Lipinski definition) is 1. The summed E-state index contributed by atoms with van der Waals surface area (Å²) in [5.74, 6) is -0.829. The third kappa shape index (κ3) is 5.02. The number of carbonyl (C=O) groups is 2. The Hall–Kier alpha value is -2.51. The Morgan fingerprint density at radius 2 is 1.85 bits per heavy atom. The number of thioether (sulfide) groups is 1. The highest BCUT2D eigenvalue weighted by Gasteiger charge is 2.32. The van der Waals surface area contributed by atoms with Gasteiger partial charge >= 0.3 is 0 Å². The summed E-state index contributed by atoms with van der Waals surface area (Å²) in [6, 6.07) is 13.4. The van der Waals surface area contributed by atoms with Gasteiger partial charge in [-0.15, -0.1) is 0 Å². The van der Waals surface area contributed by atoms with E-state index >= 15 is 0 Å². The molecule has 1 aliphatic rings. The lowest BCUT2D eigenvalue weighted by Crippen LogP contribution is -2.31. The average Bonchev–Trinajstić information content (AvgIpc) is 2.90. The third-order valence-corrected chi connectivity index (χ3v) is 5.32. The first kappa shape index (κ1) is 19.3. The molecule has 0 aliphatic carbocycles. The van der Waals surface area contributed by atoms with Crippen LogP contribution in [0.2, 0.25) is 0 Å². The molecule has 1 heterocycles. The van der Waals surface area contributed by atoms with Gasteiger partial charge in [-0.05, 0) is 42.8 Å². The second-order valence-electron chi connectivity index (χ2n) is 6.05. The maximum Gasteiger partial charge on any atom is 0.266 e. The summed E-state index contributed by atoms with van der Waals surface area (Å²) in [4.78, 5) is 26.6. The van der Waals surface area contributed by atoms with Gasteiger partial charge in [0.25, 0.3) is 5.91 Å². The zero-order valence-corrected chi connectivity index (χ0v) is 16.2. The molecule has 0 spiro atoms. The maximum absolute atomic E-state index is 12.9. The lowest BCUT2D eigenvalue weighted by Gasteiger charge is -2.14. The number of halogens is 1. The van der Waals surface area contributed by atoms with Crippen LogP contribution in [0.15, 0.2) is 53.4 Å². The van der Waals surface area contributed by atoms with Crippen molar-refractivity contribution < 1.29 is 14.0 Å². The summed E-state index contributed by atoms with van der Waals surface area (Å²) in [5, 5.41) is 2.67. The number of nitrogens with one attached hydrogen (secondary N) is 1. The van der Waals surface area contributed by atoms with Crippen LogP contribution in [0, 0.1) is 12.7 Å². The Morgan fingerprint density at radius 1 is 1.19 bits per heavy atom. The normalized spacial score (nSPS) is 15.5. The van der Waals surface area contributed by atoms with Gasteiger partial charge in [-0.1, -0.05) is 53.8 Å². The van der Waals surface area contributed by atoms with Crippen LogP contribution in [0.1, 0.15) is 17.5 Å². The van der Waals surface area contributed by atoms with Gasteiger partial charge in [0.2, 0.25) is 5.91 Å². The standard InChI is InChI=1S/C20H17FN2O2S2/c1-13-2-4-14(5-3-13)12-17-19(25)23(20(26)27-17)11-10-18(24)22-16-8-6-15(21)7-9-16/h2-9,12H,10-11H2,1H3,(H,22,24)/b17-12+. The summed E-state index contributed by atoms with van der Waals surface area (Å²) >= 11 is 6.52. The van der Waals surface area contributed by atoms with Crippen LogP contribution in [0.25, 0.3) is 6.08 Å². The van der Waals surface area contributed by atoms with E-state index in [1.807, 2.05) is 31.2 Å². The molecule has 0 bridgehead atoms. The molecule has 1 N–H and O–H groups in total. The largest absolute Gasteiger partial charge is 0.326 e. The van der Waals surface area contributed by atoms with E-state index in [1.165, 1.54) is 40.9 Å². The molecular weight excluding hydrogens is 383 g/mol. The van der Waals surface area contributed by atoms with E-state index in [2.05, 4.69) is 5.32 Å². The number of aryl methyl sites for hydroxylation is 1. The first-order chi connectivity index (χ1) is 12.9. The number of thiocarbonyl (C=S) groups is 1. The molecule has 2 aromatic carbocycles. The zero-order valence-electron chi connectivity index (χ0n) is 14.6. The van der Waals surface area contributed by atoms with Crippen LogP contribution >= 0.6 is 24.0 Å². The monoisotopic (exact) mass is 400 g/mol. The number of anilines is 1. The summed E-state index contributed by atoms with van der Waals surface area (Å²) in [6.45, 7) is 2.20. The van der Waals surface area contributed by atoms with Crippen LogP contribution in [0.5, 0.6) is 0 Å². The maximum atomic E-state index is 12.9. The molecule has 138 valence electrons. The average molecular weight is 401 g/mol. The second kappa shape index (κ2) is 8.45. The summed E-state index contributed by atoms with van der Waals surface area (Å²) in [5.41, 5.74) is 2.58. The molecule has 7 heteroatoms. The highest BCUT2D eigenvalue weighted by Crippen LogP contribution is 2.32. The molecule has 3 rings (SSSR count). The Balaban J connectivity index is 1.59. The lowest BCUT2D eigenvalue weighted by atomic mass is 10.1. The quantitative estimate of drug-likeness (QED) is 0.598. The number of carbonyl (C=O) groups excluding carboxylic acids is 2. The number of benzene rings is 2. The highest BCUT2D eigenvalue weighted by molar-refractivity contribution is 8.26. The molecule has 0 radical (unpaired) electrons. The summed E-state index contributed by atoms with van der Waals surface area (Å²) < 4.78 is 13.3. The third-order valence-electron chi connectivity index (χ3n) is 3.94. The molecule has 0 atom stereocenters. The van der Waals surface area contributed by atoms with E-state index in [9.17, 15) is 14.0 Å². The van der Waals surface area contributed by atoms with E-state index in [0.717, 1.165) is 11.1 Å². The Bertz CT molecular complexity index is 909. The fraction of sp³-hybridized carbons (Fsp3) is 0.150. The number of amides is 2. The molecule has 1 fully saturated rings. The predicted molar refractivity (Wildman–Crippen MR) is 111 cm³/mol. The molecular formula is C20H17FN2O2S2. The summed E-state index contributed by atoms with van der Waals surface area (Å²) in [6.07, 6.45) is 1.90. The van der Waals surface area contributed by atoms with Gasteiger partial charge in [-0.2, -0.15) is 0 Å². The fourth-order valence-corrected chi connectivity index (χ4v) is 3.79. The smallest absolute Gasteiger partial charge is 0.266 e. The van der Waals surface area contributed by atoms with Gasteiger partial charge in [0.05, 0.1) is 4.91 Å². The van der Waals surface area contributed by atoms with Crippen LogP contribution in [-0.4, -0.2) is 27.6 Å². The van der Waals surface area contributed by atoms with Crippen molar-refractivity contribution >= 4 is 51.9 Å². The molecule has 1 saturated heterocycles. The van der Waals surface area contributed by atoms with Gasteiger partial charge in [0.15, 0.2) is 0 Å². The second-order valence-corrected chi connectivity index (χ2v) is 7.72. The molecule has 2 aromatic rings. The minimum Gasteiger partial charge on any atom is -0.326 e. The Labute approximate surface area is 166 Å². The zero-order chi connectivity index (χ0) is 19.4. The number of rotatable bonds is 5. The topological polar surface area (TPSA) is 49.4 Å². The van der Waals surface area contributed by atoms with Crippen LogP contribution in [-0.2, 0) is 9.59 Å².